The van der Waals surface area contributed by atoms with Crippen LogP contribution < -0.4 is 11.1 Å². The van der Waals surface area contributed by atoms with Crippen LogP contribution in [-0.4, -0.2) is 15.9 Å². The Balaban J connectivity index is 1.69. The van der Waals surface area contributed by atoms with E-state index in [4.69, 9.17) is 5.73 Å². The van der Waals surface area contributed by atoms with Gasteiger partial charge in [0.2, 0.25) is 5.95 Å². The summed E-state index contributed by atoms with van der Waals surface area (Å²) in [5.74, 6) is 5.30. The van der Waals surface area contributed by atoms with Gasteiger partial charge in [0.1, 0.15) is 0 Å². The van der Waals surface area contributed by atoms with Gasteiger partial charge < -0.3 is 11.1 Å². The summed E-state index contributed by atoms with van der Waals surface area (Å²) < 4.78 is 38.3. The molecule has 0 saturated heterocycles. The predicted molar refractivity (Wildman–Crippen MR) is 98.3 cm³/mol. The van der Waals surface area contributed by atoms with E-state index in [1.165, 1.54) is 24.5 Å². The van der Waals surface area contributed by atoms with Crippen LogP contribution in [0.1, 0.15) is 27.0 Å². The van der Waals surface area contributed by atoms with Crippen molar-refractivity contribution in [2.75, 3.05) is 11.1 Å². The van der Waals surface area contributed by atoms with Crippen LogP contribution in [0.2, 0.25) is 0 Å². The van der Waals surface area contributed by atoms with Gasteiger partial charge in [-0.1, -0.05) is 17.9 Å². The number of anilines is 2. The molecule has 0 radical (unpaired) electrons. The normalized spacial score (nSPS) is 10.7. The Morgan fingerprint density at radius 2 is 1.61 bits per heavy atom. The zero-order valence-corrected chi connectivity index (χ0v) is 14.3. The minimum Gasteiger partial charge on any atom is -0.368 e. The summed E-state index contributed by atoms with van der Waals surface area (Å²) in [6.45, 7) is 0. The van der Waals surface area contributed by atoms with Crippen LogP contribution in [0, 0.1) is 11.8 Å². The lowest BCUT2D eigenvalue weighted by Crippen LogP contribution is -2.13. The summed E-state index contributed by atoms with van der Waals surface area (Å²) in [7, 11) is 0. The van der Waals surface area contributed by atoms with Crippen LogP contribution in [0.4, 0.5) is 24.8 Å². The zero-order chi connectivity index (χ0) is 20.1. The van der Waals surface area contributed by atoms with E-state index in [9.17, 15) is 18.0 Å². The highest BCUT2D eigenvalue weighted by Gasteiger charge is 2.30. The fourth-order valence-corrected chi connectivity index (χ4v) is 2.22. The van der Waals surface area contributed by atoms with E-state index in [0.717, 1.165) is 12.1 Å². The standard InChI is InChI=1S/C20H13F3N4O/c21-20(22,23)16-3-1-2-15(10-16)18(28)27-17-8-6-13(7-9-17)4-5-14-11-25-19(24)26-12-14/h1-3,6-12H,(H,27,28)(H2,24,25,26). The second-order valence-electron chi connectivity index (χ2n) is 5.69. The molecule has 0 aliphatic heterocycles. The minimum atomic E-state index is -4.51. The Labute approximate surface area is 158 Å². The third-order valence-corrected chi connectivity index (χ3v) is 3.62. The van der Waals surface area contributed by atoms with Crippen LogP contribution in [0.15, 0.2) is 60.9 Å². The number of nitrogens with one attached hydrogen (secondary N) is 1. The molecule has 0 spiro atoms. The van der Waals surface area contributed by atoms with Gasteiger partial charge in [-0.3, -0.25) is 4.79 Å². The summed E-state index contributed by atoms with van der Waals surface area (Å²) >= 11 is 0. The molecular weight excluding hydrogens is 369 g/mol. The molecule has 1 amide bonds. The number of nitrogens with zero attached hydrogens (tertiary/aromatic N) is 2. The fourth-order valence-electron chi connectivity index (χ4n) is 2.22. The van der Waals surface area contributed by atoms with Crippen molar-refractivity contribution in [3.05, 3.63) is 83.2 Å². The van der Waals surface area contributed by atoms with Gasteiger partial charge in [-0.05, 0) is 42.5 Å². The number of nitrogen functional groups attached to an aromatic ring is 1. The molecule has 3 N–H and O–H groups in total. The molecule has 140 valence electrons. The molecule has 0 fully saturated rings. The van der Waals surface area contributed by atoms with Gasteiger partial charge in [-0.25, -0.2) is 9.97 Å². The Hall–Kier alpha value is -3.86. The number of aromatic nitrogens is 2. The van der Waals surface area contributed by atoms with Crippen LogP contribution in [0.3, 0.4) is 0 Å². The maximum absolute atomic E-state index is 12.8. The molecule has 0 bridgehead atoms. The fraction of sp³-hybridized carbons (Fsp3) is 0.0500. The largest absolute Gasteiger partial charge is 0.416 e. The number of hydrogen-bond donors (Lipinski definition) is 2. The van der Waals surface area contributed by atoms with E-state index in [2.05, 4.69) is 27.1 Å². The molecule has 0 unspecified atom stereocenters. The Kier molecular flexibility index (Phi) is 5.27. The molecule has 28 heavy (non-hydrogen) atoms. The lowest BCUT2D eigenvalue weighted by Gasteiger charge is -2.09. The first-order chi connectivity index (χ1) is 13.3. The quantitative estimate of drug-likeness (QED) is 0.662. The first-order valence-electron chi connectivity index (χ1n) is 7.99. The molecular formula is C20H13F3N4O. The number of benzene rings is 2. The molecule has 0 saturated carbocycles. The molecule has 1 heterocycles. The average Bonchev–Trinajstić information content (AvgIpc) is 2.68. The maximum atomic E-state index is 12.8. The third-order valence-electron chi connectivity index (χ3n) is 3.62. The number of hydrogen-bond acceptors (Lipinski definition) is 4. The third kappa shape index (κ3) is 4.86. The van der Waals surface area contributed by atoms with Gasteiger partial charge in [-0.2, -0.15) is 13.2 Å². The van der Waals surface area contributed by atoms with E-state index in [1.54, 1.807) is 24.3 Å². The second-order valence-corrected chi connectivity index (χ2v) is 5.69. The molecule has 5 nitrogen and oxygen atoms in total. The molecule has 1 aromatic heterocycles. The summed E-state index contributed by atoms with van der Waals surface area (Å²) in [5.41, 5.74) is 6.14. The van der Waals surface area contributed by atoms with E-state index >= 15 is 0 Å². The van der Waals surface area contributed by atoms with Crippen molar-refractivity contribution in [2.45, 2.75) is 6.18 Å². The molecule has 2 aromatic carbocycles. The summed E-state index contributed by atoms with van der Waals surface area (Å²) in [6, 6.07) is 10.8. The number of amides is 1. The lowest BCUT2D eigenvalue weighted by atomic mass is 10.1. The Morgan fingerprint density at radius 3 is 2.25 bits per heavy atom. The number of nitrogens with two attached hydrogens (primary N) is 1. The van der Waals surface area contributed by atoms with Crippen molar-refractivity contribution in [1.29, 1.82) is 0 Å². The van der Waals surface area contributed by atoms with Gasteiger partial charge in [0.05, 0.1) is 11.1 Å². The van der Waals surface area contributed by atoms with Crippen LogP contribution >= 0.6 is 0 Å². The van der Waals surface area contributed by atoms with Crippen molar-refractivity contribution in [2.24, 2.45) is 0 Å². The topological polar surface area (TPSA) is 80.9 Å². The molecule has 3 aromatic rings. The smallest absolute Gasteiger partial charge is 0.368 e. The van der Waals surface area contributed by atoms with E-state index in [1.807, 2.05) is 0 Å². The predicted octanol–water partition coefficient (Wildman–Crippen LogP) is 3.73. The molecule has 0 aliphatic carbocycles. The molecule has 8 heteroatoms. The SMILES string of the molecule is Nc1ncc(C#Cc2ccc(NC(=O)c3cccc(C(F)(F)F)c3)cc2)cn1. The Bertz CT molecular complexity index is 1050. The van der Waals surface area contributed by atoms with Gasteiger partial charge in [0, 0.05) is 29.2 Å². The van der Waals surface area contributed by atoms with Crippen molar-refractivity contribution < 1.29 is 18.0 Å². The van der Waals surface area contributed by atoms with Gasteiger partial charge in [0.15, 0.2) is 0 Å². The monoisotopic (exact) mass is 382 g/mol. The van der Waals surface area contributed by atoms with Gasteiger partial charge in [0.25, 0.3) is 5.91 Å². The lowest BCUT2D eigenvalue weighted by molar-refractivity contribution is -0.137. The highest BCUT2D eigenvalue weighted by molar-refractivity contribution is 6.04. The number of carbonyl (C=O) groups excluding carboxylic acids is 1. The second kappa shape index (κ2) is 7.80. The van der Waals surface area contributed by atoms with E-state index in [-0.39, 0.29) is 11.5 Å². The first kappa shape index (κ1) is 18.9. The van der Waals surface area contributed by atoms with E-state index < -0.39 is 17.6 Å². The highest BCUT2D eigenvalue weighted by atomic mass is 19.4. The van der Waals surface area contributed by atoms with Crippen molar-refractivity contribution in [3.8, 4) is 11.8 Å². The molecule has 0 aliphatic rings. The summed E-state index contributed by atoms with van der Waals surface area (Å²) in [6.07, 6.45) is -1.51. The maximum Gasteiger partial charge on any atom is 0.416 e. The van der Waals surface area contributed by atoms with Crippen molar-refractivity contribution in [3.63, 3.8) is 0 Å². The van der Waals surface area contributed by atoms with Crippen LogP contribution in [0.25, 0.3) is 0 Å². The number of alkyl halides is 3. The summed E-state index contributed by atoms with van der Waals surface area (Å²) in [4.78, 5) is 19.9. The number of rotatable bonds is 2. The summed E-state index contributed by atoms with van der Waals surface area (Å²) in [5, 5.41) is 2.56. The van der Waals surface area contributed by atoms with Crippen LogP contribution in [0.5, 0.6) is 0 Å². The van der Waals surface area contributed by atoms with Gasteiger partial charge >= 0.3 is 6.18 Å². The highest BCUT2D eigenvalue weighted by Crippen LogP contribution is 2.29. The van der Waals surface area contributed by atoms with Gasteiger partial charge in [-0.15, -0.1) is 0 Å². The van der Waals surface area contributed by atoms with E-state index in [0.29, 0.717) is 16.8 Å². The molecule has 3 rings (SSSR count). The number of halogens is 3. The molecule has 0 atom stereocenters. The average molecular weight is 382 g/mol. The number of carbonyl (C=O) groups is 1. The van der Waals surface area contributed by atoms with Crippen molar-refractivity contribution >= 4 is 17.5 Å². The zero-order valence-electron chi connectivity index (χ0n) is 14.3. The first-order valence-corrected chi connectivity index (χ1v) is 7.99. The van der Waals surface area contributed by atoms with Crippen molar-refractivity contribution in [1.82, 2.24) is 9.97 Å². The van der Waals surface area contributed by atoms with Crippen LogP contribution in [-0.2, 0) is 6.18 Å². The Morgan fingerprint density at radius 1 is 0.964 bits per heavy atom. The minimum absolute atomic E-state index is 0.0814.